The Morgan fingerprint density at radius 2 is 2.07 bits per heavy atom. The number of methoxy groups -OCH3 is 2. The van der Waals surface area contributed by atoms with Crippen LogP contribution in [0.5, 0.6) is 11.5 Å². The molecule has 1 aliphatic rings. The van der Waals surface area contributed by atoms with Gasteiger partial charge in [0.2, 0.25) is 5.91 Å². The zero-order chi connectivity index (χ0) is 21.3. The number of aromatic nitrogens is 2. The minimum Gasteiger partial charge on any atom is -0.497 e. The molecule has 0 spiro atoms. The Balaban J connectivity index is 1.70. The van der Waals surface area contributed by atoms with E-state index in [0.29, 0.717) is 29.0 Å². The van der Waals surface area contributed by atoms with Crippen LogP contribution in [0.2, 0.25) is 0 Å². The summed E-state index contributed by atoms with van der Waals surface area (Å²) in [6, 6.07) is 4.51. The lowest BCUT2D eigenvalue weighted by Crippen LogP contribution is -2.33. The molecule has 0 bridgehead atoms. The van der Waals surface area contributed by atoms with E-state index in [1.807, 2.05) is 6.92 Å². The highest BCUT2D eigenvalue weighted by Crippen LogP contribution is 2.34. The highest BCUT2D eigenvalue weighted by Gasteiger charge is 2.25. The normalized spacial score (nSPS) is 14.2. The van der Waals surface area contributed by atoms with Crippen molar-refractivity contribution in [3.63, 3.8) is 0 Å². The fraction of sp³-hybridized carbons (Fsp3) is 0.409. The average Bonchev–Trinajstić information content (AvgIpc) is 3.15. The number of carbonyl (C=O) groups is 1. The second-order valence-corrected chi connectivity index (χ2v) is 8.41. The van der Waals surface area contributed by atoms with Gasteiger partial charge < -0.3 is 14.8 Å². The van der Waals surface area contributed by atoms with Gasteiger partial charge in [-0.3, -0.25) is 14.2 Å². The predicted molar refractivity (Wildman–Crippen MR) is 118 cm³/mol. The van der Waals surface area contributed by atoms with Crippen LogP contribution < -0.4 is 20.3 Å². The third kappa shape index (κ3) is 3.56. The standard InChI is InChI=1S/C22H25N3O4S/c1-4-16(20(26)24-15-11-13(28-2)9-10-17(15)29-3)25-12-23-21-19(22(25)27)14-7-5-6-8-18(14)30-21/h9-12,16H,4-8H2,1-3H3,(H,24,26). The van der Waals surface area contributed by atoms with Gasteiger partial charge in [0.1, 0.15) is 22.4 Å². The Labute approximate surface area is 178 Å². The SMILES string of the molecule is CCC(C(=O)Nc1cc(OC)ccc1OC)n1cnc2sc3c(c2c1=O)CCCC3. The molecule has 0 saturated heterocycles. The summed E-state index contributed by atoms with van der Waals surface area (Å²) >= 11 is 1.61. The summed E-state index contributed by atoms with van der Waals surface area (Å²) in [5.74, 6) is 0.826. The number of nitrogens with zero attached hydrogens (tertiary/aromatic N) is 2. The maximum absolute atomic E-state index is 13.3. The number of thiophene rings is 1. The molecule has 2 heterocycles. The highest BCUT2D eigenvalue weighted by atomic mass is 32.1. The molecule has 1 N–H and O–H groups in total. The van der Waals surface area contributed by atoms with Crippen LogP contribution in [0.4, 0.5) is 5.69 Å². The first-order chi connectivity index (χ1) is 14.6. The maximum atomic E-state index is 13.3. The predicted octanol–water partition coefficient (Wildman–Crippen LogP) is 3.94. The molecule has 1 unspecified atom stereocenters. The number of benzene rings is 1. The summed E-state index contributed by atoms with van der Waals surface area (Å²) in [6.07, 6.45) is 6.10. The van der Waals surface area contributed by atoms with Gasteiger partial charge in [0.15, 0.2) is 0 Å². The van der Waals surface area contributed by atoms with Crippen LogP contribution >= 0.6 is 11.3 Å². The molecule has 1 amide bonds. The number of carbonyl (C=O) groups excluding carboxylic acids is 1. The Morgan fingerprint density at radius 3 is 2.80 bits per heavy atom. The third-order valence-corrected chi connectivity index (χ3v) is 6.79. The van der Waals surface area contributed by atoms with E-state index < -0.39 is 6.04 Å². The van der Waals surface area contributed by atoms with Crippen molar-refractivity contribution in [3.05, 3.63) is 45.3 Å². The van der Waals surface area contributed by atoms with Gasteiger partial charge in [0.25, 0.3) is 5.56 Å². The molecule has 1 aromatic carbocycles. The molecule has 0 radical (unpaired) electrons. The Hall–Kier alpha value is -2.87. The van der Waals surface area contributed by atoms with E-state index in [9.17, 15) is 9.59 Å². The van der Waals surface area contributed by atoms with E-state index in [1.165, 1.54) is 22.9 Å². The molecular weight excluding hydrogens is 402 g/mol. The van der Waals surface area contributed by atoms with Crippen molar-refractivity contribution in [1.29, 1.82) is 0 Å². The van der Waals surface area contributed by atoms with E-state index >= 15 is 0 Å². The molecule has 8 heteroatoms. The number of hydrogen-bond acceptors (Lipinski definition) is 6. The molecule has 4 rings (SSSR count). The number of anilines is 1. The first kappa shape index (κ1) is 20.4. The van der Waals surface area contributed by atoms with Crippen molar-refractivity contribution in [1.82, 2.24) is 9.55 Å². The fourth-order valence-corrected chi connectivity index (χ4v) is 5.24. The monoisotopic (exact) mass is 427 g/mol. The zero-order valence-corrected chi connectivity index (χ0v) is 18.2. The molecule has 0 saturated carbocycles. The molecule has 3 aromatic rings. The van der Waals surface area contributed by atoms with Gasteiger partial charge in [-0.2, -0.15) is 0 Å². The summed E-state index contributed by atoms with van der Waals surface area (Å²) in [4.78, 5) is 33.0. The Kier molecular flexibility index (Phi) is 5.76. The molecule has 0 aliphatic heterocycles. The van der Waals surface area contributed by atoms with Gasteiger partial charge in [0.05, 0.1) is 31.6 Å². The van der Waals surface area contributed by atoms with E-state index in [4.69, 9.17) is 9.47 Å². The molecule has 2 aromatic heterocycles. The topological polar surface area (TPSA) is 82.4 Å². The van der Waals surface area contributed by atoms with Gasteiger partial charge in [-0.25, -0.2) is 4.98 Å². The van der Waals surface area contributed by atoms with Crippen molar-refractivity contribution in [3.8, 4) is 11.5 Å². The molecule has 1 aliphatic carbocycles. The van der Waals surface area contributed by atoms with E-state index in [2.05, 4.69) is 10.3 Å². The maximum Gasteiger partial charge on any atom is 0.263 e. The number of rotatable bonds is 6. The van der Waals surface area contributed by atoms with Crippen LogP contribution in [-0.2, 0) is 17.6 Å². The van der Waals surface area contributed by atoms with Crippen LogP contribution in [-0.4, -0.2) is 29.7 Å². The number of fused-ring (bicyclic) bond motifs is 3. The number of hydrogen-bond donors (Lipinski definition) is 1. The van der Waals surface area contributed by atoms with Gasteiger partial charge >= 0.3 is 0 Å². The average molecular weight is 428 g/mol. The number of ether oxygens (including phenoxy) is 2. The van der Waals surface area contributed by atoms with Crippen molar-refractivity contribution in [2.75, 3.05) is 19.5 Å². The van der Waals surface area contributed by atoms with Crippen LogP contribution in [0, 0.1) is 0 Å². The first-order valence-electron chi connectivity index (χ1n) is 10.1. The van der Waals surface area contributed by atoms with Crippen LogP contribution in [0.25, 0.3) is 10.2 Å². The smallest absolute Gasteiger partial charge is 0.263 e. The Morgan fingerprint density at radius 1 is 1.27 bits per heavy atom. The molecular formula is C22H25N3O4S. The Bertz CT molecular complexity index is 1150. The van der Waals surface area contributed by atoms with Crippen molar-refractivity contribution < 1.29 is 14.3 Å². The summed E-state index contributed by atoms with van der Waals surface area (Å²) in [5, 5.41) is 3.57. The van der Waals surface area contributed by atoms with Crippen molar-refractivity contribution >= 4 is 33.1 Å². The summed E-state index contributed by atoms with van der Waals surface area (Å²) in [6.45, 7) is 1.88. The lowest BCUT2D eigenvalue weighted by atomic mass is 9.97. The molecule has 1 atom stereocenters. The van der Waals surface area contributed by atoms with E-state index in [0.717, 1.165) is 36.1 Å². The third-order valence-electron chi connectivity index (χ3n) is 5.59. The number of aryl methyl sites for hydroxylation is 2. The number of amides is 1. The molecule has 7 nitrogen and oxygen atoms in total. The van der Waals surface area contributed by atoms with Gasteiger partial charge in [-0.05, 0) is 49.8 Å². The largest absolute Gasteiger partial charge is 0.497 e. The second-order valence-electron chi connectivity index (χ2n) is 7.33. The van der Waals surface area contributed by atoms with Crippen molar-refractivity contribution in [2.45, 2.75) is 45.1 Å². The molecule has 30 heavy (non-hydrogen) atoms. The van der Waals surface area contributed by atoms with Crippen LogP contribution in [0.1, 0.15) is 42.7 Å². The molecule has 0 fully saturated rings. The van der Waals surface area contributed by atoms with Crippen molar-refractivity contribution in [2.24, 2.45) is 0 Å². The van der Waals surface area contributed by atoms with Gasteiger partial charge in [-0.1, -0.05) is 6.92 Å². The number of nitrogens with one attached hydrogen (secondary N) is 1. The zero-order valence-electron chi connectivity index (χ0n) is 17.4. The van der Waals surface area contributed by atoms with E-state index in [1.54, 1.807) is 36.6 Å². The van der Waals surface area contributed by atoms with Crippen LogP contribution in [0.3, 0.4) is 0 Å². The minimum absolute atomic E-state index is 0.140. The van der Waals surface area contributed by atoms with Gasteiger partial charge in [0, 0.05) is 10.9 Å². The first-order valence-corrected chi connectivity index (χ1v) is 10.9. The second kappa shape index (κ2) is 8.47. The quantitative estimate of drug-likeness (QED) is 0.644. The summed E-state index contributed by atoms with van der Waals surface area (Å²) < 4.78 is 12.1. The lowest BCUT2D eigenvalue weighted by Gasteiger charge is -2.19. The lowest BCUT2D eigenvalue weighted by molar-refractivity contribution is -0.119. The fourth-order valence-electron chi connectivity index (χ4n) is 4.02. The molecule has 158 valence electrons. The highest BCUT2D eigenvalue weighted by molar-refractivity contribution is 7.18. The van der Waals surface area contributed by atoms with E-state index in [-0.39, 0.29) is 11.5 Å². The summed E-state index contributed by atoms with van der Waals surface area (Å²) in [5.41, 5.74) is 1.48. The summed E-state index contributed by atoms with van der Waals surface area (Å²) in [7, 11) is 3.10. The van der Waals surface area contributed by atoms with Gasteiger partial charge in [-0.15, -0.1) is 11.3 Å². The van der Waals surface area contributed by atoms with Crippen LogP contribution in [0.15, 0.2) is 29.3 Å². The minimum atomic E-state index is -0.676.